The average Bonchev–Trinajstić information content (AvgIpc) is 3.03. The number of ether oxygens (including phenoxy) is 1. The van der Waals surface area contributed by atoms with Crippen molar-refractivity contribution >= 4 is 17.4 Å². The summed E-state index contributed by atoms with van der Waals surface area (Å²) < 4.78 is 6.86. The second-order valence-corrected chi connectivity index (χ2v) is 7.71. The molecule has 0 bridgehead atoms. The van der Waals surface area contributed by atoms with E-state index in [1.807, 2.05) is 24.3 Å². The summed E-state index contributed by atoms with van der Waals surface area (Å²) in [6.45, 7) is 6.66. The van der Waals surface area contributed by atoms with Crippen molar-refractivity contribution in [3.8, 4) is 5.75 Å². The summed E-state index contributed by atoms with van der Waals surface area (Å²) >= 11 is 0. The highest BCUT2D eigenvalue weighted by Gasteiger charge is 2.26. The maximum absolute atomic E-state index is 12.2. The van der Waals surface area contributed by atoms with Gasteiger partial charge in [-0.1, -0.05) is 32.9 Å². The first-order chi connectivity index (χ1) is 13.2. The molecule has 1 aromatic heterocycles. The lowest BCUT2D eigenvalue weighted by molar-refractivity contribution is -0.120. The van der Waals surface area contributed by atoms with E-state index in [4.69, 9.17) is 4.74 Å². The number of carbonyl (C=O) groups is 1. The quantitative estimate of drug-likeness (QED) is 0.652. The van der Waals surface area contributed by atoms with Crippen molar-refractivity contribution in [2.45, 2.75) is 26.2 Å². The molecule has 28 heavy (non-hydrogen) atoms. The first-order valence-corrected chi connectivity index (χ1v) is 8.99. The van der Waals surface area contributed by atoms with E-state index < -0.39 is 11.2 Å². The fourth-order valence-electron chi connectivity index (χ4n) is 2.97. The maximum Gasteiger partial charge on any atom is 0.329 e. The zero-order valence-electron chi connectivity index (χ0n) is 16.5. The molecule has 0 unspecified atom stereocenters. The number of fused-ring (bicyclic) bond motifs is 1. The van der Waals surface area contributed by atoms with Gasteiger partial charge in [0.2, 0.25) is 5.91 Å². The summed E-state index contributed by atoms with van der Waals surface area (Å²) in [5, 5.41) is 5.63. The third-order valence-electron chi connectivity index (χ3n) is 4.62. The predicted molar refractivity (Wildman–Crippen MR) is 107 cm³/mol. The second kappa shape index (κ2) is 7.41. The number of aromatic nitrogens is 2. The molecular weight excluding hydrogens is 362 g/mol. The minimum atomic E-state index is -0.522. The summed E-state index contributed by atoms with van der Waals surface area (Å²) in [6.07, 6.45) is 0. The molecular formula is C19H25N5O4. The molecule has 1 amide bonds. The number of H-pyrrole nitrogens is 1. The number of nitrogens with one attached hydrogen (secondary N) is 3. The first-order valence-electron chi connectivity index (χ1n) is 8.99. The van der Waals surface area contributed by atoms with Crippen LogP contribution in [-0.4, -0.2) is 35.4 Å². The number of rotatable bonds is 5. The Kier molecular flexibility index (Phi) is 5.17. The van der Waals surface area contributed by atoms with Crippen molar-refractivity contribution in [3.05, 3.63) is 50.7 Å². The van der Waals surface area contributed by atoms with Crippen LogP contribution in [0.15, 0.2) is 33.9 Å². The summed E-state index contributed by atoms with van der Waals surface area (Å²) in [5.74, 6) is 0.763. The molecule has 0 spiro atoms. The van der Waals surface area contributed by atoms with E-state index in [0.29, 0.717) is 11.6 Å². The van der Waals surface area contributed by atoms with Gasteiger partial charge in [0.25, 0.3) is 5.56 Å². The zero-order chi connectivity index (χ0) is 20.5. The molecule has 3 rings (SSSR count). The minimum Gasteiger partial charge on any atom is -0.473 e. The van der Waals surface area contributed by atoms with Crippen molar-refractivity contribution in [1.29, 1.82) is 0 Å². The van der Waals surface area contributed by atoms with Crippen LogP contribution in [0.3, 0.4) is 0 Å². The van der Waals surface area contributed by atoms with E-state index in [2.05, 4.69) is 36.4 Å². The Hall–Kier alpha value is -3.23. The first kappa shape index (κ1) is 19.5. The molecule has 1 aromatic carbocycles. The van der Waals surface area contributed by atoms with Crippen molar-refractivity contribution < 1.29 is 9.53 Å². The molecule has 2 aromatic rings. The van der Waals surface area contributed by atoms with Crippen LogP contribution >= 0.6 is 0 Å². The summed E-state index contributed by atoms with van der Waals surface area (Å²) in [4.78, 5) is 39.7. The summed E-state index contributed by atoms with van der Waals surface area (Å²) in [6, 6.07) is 7.74. The number of carbonyl (C=O) groups excluding carboxylic acids is 1. The number of aromatic amines is 1. The number of nitrogens with zero attached hydrogens (tertiary/aromatic N) is 2. The normalized spacial score (nSPS) is 13.1. The van der Waals surface area contributed by atoms with Crippen molar-refractivity contribution in [1.82, 2.24) is 14.9 Å². The van der Waals surface area contributed by atoms with Gasteiger partial charge in [-0.2, -0.15) is 0 Å². The fraction of sp³-hybridized carbons (Fsp3) is 0.421. The highest BCUT2D eigenvalue weighted by molar-refractivity contribution is 5.84. The minimum absolute atomic E-state index is 0.0193. The molecule has 9 heteroatoms. The third-order valence-corrected chi connectivity index (χ3v) is 4.62. The van der Waals surface area contributed by atoms with Crippen LogP contribution in [0.2, 0.25) is 0 Å². The second-order valence-electron chi connectivity index (χ2n) is 7.71. The van der Waals surface area contributed by atoms with Gasteiger partial charge in [-0.25, -0.2) is 4.79 Å². The lowest BCUT2D eigenvalue weighted by atomic mass is 9.87. The predicted octanol–water partition coefficient (Wildman–Crippen LogP) is 0.713. The zero-order valence-corrected chi connectivity index (χ0v) is 16.5. The van der Waals surface area contributed by atoms with Gasteiger partial charge < -0.3 is 20.3 Å². The molecule has 0 radical (unpaired) electrons. The molecule has 1 aliphatic rings. The van der Waals surface area contributed by atoms with E-state index in [-0.39, 0.29) is 37.0 Å². The molecule has 150 valence electrons. The van der Waals surface area contributed by atoms with Crippen molar-refractivity contribution in [2.75, 3.05) is 30.2 Å². The van der Waals surface area contributed by atoms with Crippen LogP contribution in [0.25, 0.3) is 0 Å². The lowest BCUT2D eigenvalue weighted by Crippen LogP contribution is -2.40. The number of benzene rings is 1. The van der Waals surface area contributed by atoms with Crippen molar-refractivity contribution in [2.24, 2.45) is 7.05 Å². The van der Waals surface area contributed by atoms with E-state index >= 15 is 0 Å². The molecule has 3 N–H and O–H groups in total. The monoisotopic (exact) mass is 387 g/mol. The van der Waals surface area contributed by atoms with Gasteiger partial charge in [-0.3, -0.25) is 19.1 Å². The Morgan fingerprint density at radius 2 is 1.89 bits per heavy atom. The summed E-state index contributed by atoms with van der Waals surface area (Å²) in [5.41, 5.74) is 0.507. The molecule has 0 aliphatic carbocycles. The van der Waals surface area contributed by atoms with Gasteiger partial charge in [0.1, 0.15) is 17.3 Å². The highest BCUT2D eigenvalue weighted by Crippen LogP contribution is 2.25. The molecule has 0 fully saturated rings. The summed E-state index contributed by atoms with van der Waals surface area (Å²) in [7, 11) is 1.55. The van der Waals surface area contributed by atoms with Crippen molar-refractivity contribution in [3.63, 3.8) is 0 Å². The van der Waals surface area contributed by atoms with Gasteiger partial charge in [-0.15, -0.1) is 0 Å². The Morgan fingerprint density at radius 1 is 1.21 bits per heavy atom. The largest absolute Gasteiger partial charge is 0.473 e. The van der Waals surface area contributed by atoms with Gasteiger partial charge in [0, 0.05) is 7.05 Å². The van der Waals surface area contributed by atoms with E-state index in [1.165, 1.54) is 10.1 Å². The number of anilines is 2. The topological polar surface area (TPSA) is 108 Å². The Bertz CT molecular complexity index is 985. The lowest BCUT2D eigenvalue weighted by Gasteiger charge is -2.19. The van der Waals surface area contributed by atoms with Crippen LogP contribution in [0.4, 0.5) is 11.5 Å². The molecule has 1 aliphatic heterocycles. The Balaban J connectivity index is 1.55. The maximum atomic E-state index is 12.2. The molecule has 2 heterocycles. The standard InChI is InChI=1S/C19H25N5O4/c1-19(2,3)12-5-7-13(8-6-12)28-11-21-14(25)9-24-10-20-16-15(24)17(26)22-18(27)23(16)4/h5-8,20H,9-11H2,1-4H3,(H,21,25)(H,22,26,27). The van der Waals surface area contributed by atoms with Gasteiger partial charge >= 0.3 is 5.69 Å². The van der Waals surface area contributed by atoms with Gasteiger partial charge in [-0.05, 0) is 23.1 Å². The van der Waals surface area contributed by atoms with Gasteiger partial charge in [0.05, 0.1) is 13.2 Å². The fourth-order valence-corrected chi connectivity index (χ4v) is 2.97. The smallest absolute Gasteiger partial charge is 0.329 e. The number of hydrogen-bond acceptors (Lipinski definition) is 6. The third kappa shape index (κ3) is 4.03. The van der Waals surface area contributed by atoms with Gasteiger partial charge in [0.15, 0.2) is 6.73 Å². The molecule has 9 nitrogen and oxygen atoms in total. The van der Waals surface area contributed by atoms with Crippen LogP contribution in [-0.2, 0) is 17.3 Å². The van der Waals surface area contributed by atoms with E-state index in [9.17, 15) is 14.4 Å². The van der Waals surface area contributed by atoms with Crippen LogP contribution < -0.4 is 31.5 Å². The number of amides is 1. The number of hydrogen-bond donors (Lipinski definition) is 3. The highest BCUT2D eigenvalue weighted by atomic mass is 16.5. The average molecular weight is 387 g/mol. The van der Waals surface area contributed by atoms with E-state index in [0.717, 1.165) is 0 Å². The molecule has 0 saturated heterocycles. The molecule has 0 atom stereocenters. The Morgan fingerprint density at radius 3 is 2.54 bits per heavy atom. The SMILES string of the molecule is Cn1c2c(c(=O)[nH]c1=O)N(CC(=O)NCOc1ccc(C(C)(C)C)cc1)CN2. The Labute approximate surface area is 162 Å². The molecule has 0 saturated carbocycles. The van der Waals surface area contributed by atoms with E-state index in [1.54, 1.807) is 11.9 Å². The van der Waals surface area contributed by atoms with Crippen LogP contribution in [0.5, 0.6) is 5.75 Å². The van der Waals surface area contributed by atoms with Crippen LogP contribution in [0, 0.1) is 0 Å². The van der Waals surface area contributed by atoms with Crippen LogP contribution in [0.1, 0.15) is 26.3 Å².